The first-order valence-electron chi connectivity index (χ1n) is 31.2. The van der Waals surface area contributed by atoms with Gasteiger partial charge in [-0.2, -0.15) is 0 Å². The minimum atomic E-state index is 0. The van der Waals surface area contributed by atoms with Crippen molar-refractivity contribution in [2.45, 2.75) is 232 Å². The van der Waals surface area contributed by atoms with Crippen LogP contribution >= 0.6 is 0 Å². The van der Waals surface area contributed by atoms with Crippen LogP contribution in [0.15, 0.2) is 24.3 Å². The van der Waals surface area contributed by atoms with Crippen LogP contribution in [-0.2, 0) is 12.8 Å². The van der Waals surface area contributed by atoms with Gasteiger partial charge in [0.2, 0.25) is 0 Å². The molecule has 0 fully saturated rings. The van der Waals surface area contributed by atoms with E-state index in [1.54, 1.807) is 42.7 Å². The fourth-order valence-corrected chi connectivity index (χ4v) is 11.5. The second-order valence-corrected chi connectivity index (χ2v) is 23.6. The number of aromatic nitrogens is 2. The quantitative estimate of drug-likeness (QED) is 0.0339. The van der Waals surface area contributed by atoms with E-state index in [1.165, 1.54) is 206 Å². The third kappa shape index (κ3) is 27.5. The topological polar surface area (TPSA) is 87.0 Å². The Morgan fingerprint density at radius 1 is 0.308 bits per heavy atom. The van der Waals surface area contributed by atoms with Gasteiger partial charge in [0, 0.05) is 12.8 Å². The number of unbranched alkanes of at least 4 members (excludes halogenated alkanes) is 28. The minimum absolute atomic E-state index is 0. The van der Waals surface area contributed by atoms with Crippen molar-refractivity contribution in [2.75, 3.05) is 97.0 Å². The number of hydrogen-bond acceptors (Lipinski definition) is 6. The van der Waals surface area contributed by atoms with Crippen molar-refractivity contribution in [1.82, 2.24) is 9.97 Å². The van der Waals surface area contributed by atoms with Gasteiger partial charge < -0.3 is 72.2 Å². The van der Waals surface area contributed by atoms with Gasteiger partial charge >= 0.3 is 0 Å². The molecule has 2 heterocycles. The molecular weight excluding hydrogens is 1020 g/mol. The molecule has 2 aromatic heterocycles. The fraction of sp³-hybridized carbons (Fsp3) is 0.758. The Morgan fingerprint density at radius 2 is 0.551 bits per heavy atom. The van der Waals surface area contributed by atoms with Gasteiger partial charge in [0.1, 0.15) is 0 Å². The Morgan fingerprint density at radius 3 is 0.795 bits per heavy atom. The van der Waals surface area contributed by atoms with Crippen LogP contribution in [0.3, 0.4) is 0 Å². The molecule has 0 atom stereocenters. The van der Waals surface area contributed by atoms with E-state index in [4.69, 9.17) is 28.4 Å². The summed E-state index contributed by atoms with van der Waals surface area (Å²) in [6, 6.07) is 7.97. The predicted molar refractivity (Wildman–Crippen MR) is 326 cm³/mol. The molecule has 0 aliphatic rings. The molecule has 0 saturated carbocycles. The number of aryl methyl sites for hydroxylation is 2. The van der Waals surface area contributed by atoms with Crippen molar-refractivity contribution in [2.24, 2.45) is 0 Å². The normalized spacial score (nSPS) is 11.5. The molecule has 4 rings (SSSR count). The molecule has 0 spiro atoms. The molecule has 2 aromatic carbocycles. The largest absolute Gasteiger partial charge is 1.00 e. The number of ether oxygens (including phenoxy) is 6. The van der Waals surface area contributed by atoms with E-state index >= 15 is 0 Å². The van der Waals surface area contributed by atoms with Gasteiger partial charge in [-0.3, -0.25) is 0 Å². The zero-order valence-electron chi connectivity index (χ0n) is 52.3. The molecule has 0 aliphatic heterocycles. The van der Waals surface area contributed by atoms with Crippen LogP contribution in [0.4, 0.5) is 0 Å². The molecule has 2 N–H and O–H groups in total. The Balaban J connectivity index is 0.000000761. The monoisotopic (exact) mass is 1130 g/mol. The average Bonchev–Trinajstić information content (AvgIpc) is 3.98. The van der Waals surface area contributed by atoms with E-state index in [0.717, 1.165) is 115 Å². The number of methoxy groups -OCH3 is 6. The van der Waals surface area contributed by atoms with Crippen LogP contribution in [0.5, 0.6) is 34.5 Å². The Hall–Kier alpha value is -3.18. The third-order valence-electron chi connectivity index (χ3n) is 16.2. The predicted octanol–water partition coefficient (Wildman–Crippen LogP) is 12.2. The van der Waals surface area contributed by atoms with Gasteiger partial charge in [-0.05, 0) is 62.8 Å². The van der Waals surface area contributed by atoms with Crippen molar-refractivity contribution >= 4 is 21.8 Å². The third-order valence-corrected chi connectivity index (χ3v) is 16.2. The molecule has 0 amide bonds. The number of hydrogen-bond donors (Lipinski definition) is 2. The molecule has 0 saturated heterocycles. The van der Waals surface area contributed by atoms with Crippen LogP contribution < -0.4 is 53.2 Å². The summed E-state index contributed by atoms with van der Waals surface area (Å²) in [6.45, 7) is 9.43. The fourth-order valence-electron chi connectivity index (χ4n) is 11.5. The van der Waals surface area contributed by atoms with Crippen molar-refractivity contribution < 1.29 is 62.2 Å². The van der Waals surface area contributed by atoms with Crippen molar-refractivity contribution in [1.29, 1.82) is 0 Å². The molecule has 10 nitrogen and oxygen atoms in total. The van der Waals surface area contributed by atoms with Crippen molar-refractivity contribution in [3.05, 3.63) is 35.7 Å². The summed E-state index contributed by atoms with van der Waals surface area (Å²) < 4.78 is 36.1. The molecule has 78 heavy (non-hydrogen) atoms. The Labute approximate surface area is 490 Å². The Kier molecular flexibility index (Phi) is 40.7. The highest BCUT2D eigenvalue weighted by Gasteiger charge is 2.23. The van der Waals surface area contributed by atoms with Gasteiger partial charge in [-0.1, -0.05) is 181 Å². The number of nitrogens with one attached hydrogen (secondary N) is 2. The molecule has 4 aromatic rings. The van der Waals surface area contributed by atoms with Crippen molar-refractivity contribution in [3.8, 4) is 34.5 Å². The van der Waals surface area contributed by atoms with Gasteiger partial charge in [-0.25, -0.2) is 0 Å². The first kappa shape index (κ1) is 72.8. The summed E-state index contributed by atoms with van der Waals surface area (Å²) in [5, 5.41) is 1.94. The maximum absolute atomic E-state index is 5.81. The first-order valence-corrected chi connectivity index (χ1v) is 31.2. The summed E-state index contributed by atoms with van der Waals surface area (Å²) in [4.78, 5) is 7.12. The minimum Gasteiger partial charge on any atom is -1.00 e. The van der Waals surface area contributed by atoms with E-state index in [0.29, 0.717) is 0 Å². The summed E-state index contributed by atoms with van der Waals surface area (Å²) >= 11 is 0. The number of aromatic amines is 2. The number of benzene rings is 2. The van der Waals surface area contributed by atoms with Crippen LogP contribution in [0.25, 0.3) is 21.8 Å². The van der Waals surface area contributed by atoms with Gasteiger partial charge in [0.05, 0.1) is 130 Å². The summed E-state index contributed by atoms with van der Waals surface area (Å²) in [6.07, 6.45) is 46.8. The van der Waals surface area contributed by atoms with E-state index in [1.807, 2.05) is 24.3 Å². The van der Waals surface area contributed by atoms with E-state index in [9.17, 15) is 0 Å². The number of rotatable bonds is 46. The van der Waals surface area contributed by atoms with Gasteiger partial charge in [0.15, 0.2) is 34.5 Å². The molecule has 12 heteroatoms. The van der Waals surface area contributed by atoms with Gasteiger partial charge in [0.25, 0.3) is 0 Å². The highest BCUT2D eigenvalue weighted by molar-refractivity contribution is 5.96. The smallest absolute Gasteiger partial charge is 0.173 e. The number of fused-ring (bicyclic) bond motifs is 2. The second kappa shape index (κ2) is 43.5. The molecule has 0 bridgehead atoms. The Bertz CT molecular complexity index is 2090. The molecule has 0 aliphatic carbocycles. The maximum Gasteiger partial charge on any atom is 0.173 e. The van der Waals surface area contributed by atoms with Crippen molar-refractivity contribution in [3.63, 3.8) is 0 Å². The SMILES string of the molecule is CCCCCCCCCCCCCCCCCC[N+](C)(C)CCCc1[nH]c2ccc(OC)c(OC)c2c1OC.CCCCCCCCCCCCCCCC[N+](C)(C)CCCc1[nH]c2ccc(OC)c(OC)c2c1OC.[Cl-].[Cl-]. The number of quaternary nitrogens is 2. The highest BCUT2D eigenvalue weighted by atomic mass is 35.5. The van der Waals surface area contributed by atoms with Crippen LogP contribution in [0.1, 0.15) is 231 Å². The molecule has 0 radical (unpaired) electrons. The molecular formula is C66H118Cl2N4O6. The lowest BCUT2D eigenvalue weighted by Crippen LogP contribution is -3.00. The lowest BCUT2D eigenvalue weighted by molar-refractivity contribution is -0.890. The average molecular weight is 1130 g/mol. The number of nitrogens with zero attached hydrogens (tertiary/aromatic N) is 2. The highest BCUT2D eigenvalue weighted by Crippen LogP contribution is 2.44. The zero-order chi connectivity index (χ0) is 55.3. The lowest BCUT2D eigenvalue weighted by atomic mass is 10.0. The number of H-pyrrole nitrogens is 2. The zero-order valence-corrected chi connectivity index (χ0v) is 53.8. The molecule has 452 valence electrons. The lowest BCUT2D eigenvalue weighted by Gasteiger charge is -2.30. The van der Waals surface area contributed by atoms with E-state index in [2.05, 4.69) is 52.0 Å². The van der Waals surface area contributed by atoms with Crippen LogP contribution in [0.2, 0.25) is 0 Å². The van der Waals surface area contributed by atoms with Crippen LogP contribution in [0, 0.1) is 0 Å². The van der Waals surface area contributed by atoms with E-state index < -0.39 is 0 Å². The van der Waals surface area contributed by atoms with Crippen LogP contribution in [-0.4, -0.2) is 116 Å². The van der Waals surface area contributed by atoms with Gasteiger partial charge in [-0.15, -0.1) is 0 Å². The molecule has 0 unspecified atom stereocenters. The summed E-state index contributed by atoms with van der Waals surface area (Å²) in [5.41, 5.74) is 4.34. The standard InChI is InChI=1S/C34H61N2O3.C32H57N2O3.2ClH/c1-7-8-9-10-11-12-13-14-15-16-17-18-19-20-21-22-27-36(2,3)28-23-24-30-33(38-5)32-29(35-30)25-26-31(37-4)34(32)39-6;1-7-8-9-10-11-12-13-14-15-16-17-18-19-20-25-34(2,3)26-21-22-28-31(36-5)30-27(33-28)23-24-29(35-4)32(30)37-6;;/h25-26,35H,7-24,27-28H2,1-6H3;23-24,33H,7-22,25-26H2,1-6H3;2*1H/q2*+1;;/p-2. The number of halogens is 2. The van der Waals surface area contributed by atoms with E-state index in [-0.39, 0.29) is 24.8 Å². The first-order chi connectivity index (χ1) is 36.9. The maximum atomic E-state index is 5.81. The summed E-state index contributed by atoms with van der Waals surface area (Å²) in [7, 11) is 19.7. The second-order valence-electron chi connectivity index (χ2n) is 23.6. The summed E-state index contributed by atoms with van der Waals surface area (Å²) in [5.74, 6) is 4.67.